The van der Waals surface area contributed by atoms with Gasteiger partial charge >= 0.3 is 0 Å². The minimum Gasteiger partial charge on any atom is -0.264 e. The average Bonchev–Trinajstić information content (AvgIpc) is 3.01. The summed E-state index contributed by atoms with van der Waals surface area (Å²) in [4.78, 5) is 0.250. The topological polar surface area (TPSA) is 64.0 Å². The van der Waals surface area contributed by atoms with Gasteiger partial charge in [0.25, 0.3) is 10.0 Å². The number of unbranched alkanes of at least 4 members (excludes halogenated alkanes) is 1. The van der Waals surface area contributed by atoms with E-state index in [1.165, 1.54) is 4.68 Å². The number of nitrogens with zero attached hydrogens (tertiary/aromatic N) is 2. The number of benzene rings is 2. The van der Waals surface area contributed by atoms with Gasteiger partial charge in [-0.25, -0.2) is 8.42 Å². The highest BCUT2D eigenvalue weighted by Gasteiger charge is 2.17. The van der Waals surface area contributed by atoms with Crippen LogP contribution in [-0.2, 0) is 23.5 Å². The third-order valence-electron chi connectivity index (χ3n) is 4.24. The molecule has 1 N–H and O–H groups in total. The maximum Gasteiger partial charge on any atom is 0.263 e. The number of rotatable bonds is 7. The molecule has 0 aliphatic rings. The summed E-state index contributed by atoms with van der Waals surface area (Å²) >= 11 is 0. The van der Waals surface area contributed by atoms with Gasteiger partial charge in [-0.3, -0.25) is 9.40 Å². The Kier molecular flexibility index (Phi) is 5.42. The van der Waals surface area contributed by atoms with E-state index in [1.54, 1.807) is 25.2 Å². The number of nitrogens with one attached hydrogen (secondary N) is 1. The van der Waals surface area contributed by atoms with Crippen LogP contribution in [0.1, 0.15) is 25.3 Å². The first-order valence-electron chi connectivity index (χ1n) is 8.71. The van der Waals surface area contributed by atoms with Crippen LogP contribution in [0.25, 0.3) is 11.3 Å². The maximum absolute atomic E-state index is 12.7. The Bertz CT molecular complexity index is 962. The molecule has 0 aliphatic carbocycles. The second-order valence-corrected chi connectivity index (χ2v) is 7.94. The van der Waals surface area contributed by atoms with E-state index in [2.05, 4.69) is 16.7 Å². The number of sulfonamides is 1. The highest BCUT2D eigenvalue weighted by molar-refractivity contribution is 7.92. The molecule has 6 heteroatoms. The summed E-state index contributed by atoms with van der Waals surface area (Å²) < 4.78 is 29.5. The van der Waals surface area contributed by atoms with E-state index < -0.39 is 10.0 Å². The first-order chi connectivity index (χ1) is 12.5. The van der Waals surface area contributed by atoms with Crippen LogP contribution in [0.3, 0.4) is 0 Å². The van der Waals surface area contributed by atoms with Crippen LogP contribution >= 0.6 is 0 Å². The normalized spacial score (nSPS) is 11.5. The van der Waals surface area contributed by atoms with Crippen molar-refractivity contribution in [3.05, 3.63) is 66.2 Å². The first-order valence-corrected chi connectivity index (χ1v) is 10.2. The van der Waals surface area contributed by atoms with E-state index >= 15 is 0 Å². The molecule has 0 unspecified atom stereocenters. The molecule has 1 heterocycles. The van der Waals surface area contributed by atoms with Gasteiger partial charge in [0.15, 0.2) is 0 Å². The monoisotopic (exact) mass is 369 g/mol. The summed E-state index contributed by atoms with van der Waals surface area (Å²) in [6, 6.07) is 18.5. The van der Waals surface area contributed by atoms with Gasteiger partial charge < -0.3 is 0 Å². The van der Waals surface area contributed by atoms with Crippen molar-refractivity contribution in [3.8, 4) is 11.3 Å². The van der Waals surface area contributed by atoms with Crippen molar-refractivity contribution in [3.63, 3.8) is 0 Å². The Morgan fingerprint density at radius 3 is 2.38 bits per heavy atom. The number of aryl methyl sites for hydroxylation is 2. The molecule has 2 aromatic carbocycles. The third kappa shape index (κ3) is 4.14. The van der Waals surface area contributed by atoms with Crippen molar-refractivity contribution in [2.45, 2.75) is 31.1 Å². The van der Waals surface area contributed by atoms with Gasteiger partial charge in [-0.1, -0.05) is 55.8 Å². The van der Waals surface area contributed by atoms with Gasteiger partial charge in [0, 0.05) is 18.7 Å². The Morgan fingerprint density at radius 1 is 1.04 bits per heavy atom. The molecule has 0 radical (unpaired) electrons. The molecule has 0 atom stereocenters. The van der Waals surface area contributed by atoms with E-state index in [4.69, 9.17) is 0 Å². The van der Waals surface area contributed by atoms with Crippen molar-refractivity contribution in [1.82, 2.24) is 9.78 Å². The van der Waals surface area contributed by atoms with E-state index in [0.29, 0.717) is 5.82 Å². The summed E-state index contributed by atoms with van der Waals surface area (Å²) in [7, 11) is -1.93. The summed E-state index contributed by atoms with van der Waals surface area (Å²) in [5.41, 5.74) is 2.81. The molecule has 0 bridgehead atoms. The Labute approximate surface area is 154 Å². The van der Waals surface area contributed by atoms with Crippen LogP contribution in [0.5, 0.6) is 0 Å². The molecule has 0 aliphatic heterocycles. The molecule has 26 heavy (non-hydrogen) atoms. The fourth-order valence-corrected chi connectivity index (χ4v) is 3.80. The second-order valence-electron chi connectivity index (χ2n) is 6.26. The Balaban J connectivity index is 1.80. The quantitative estimate of drug-likeness (QED) is 0.678. The van der Waals surface area contributed by atoms with E-state index in [-0.39, 0.29) is 4.90 Å². The van der Waals surface area contributed by atoms with Crippen molar-refractivity contribution in [2.75, 3.05) is 4.72 Å². The van der Waals surface area contributed by atoms with Gasteiger partial charge in [0.1, 0.15) is 5.82 Å². The zero-order valence-corrected chi connectivity index (χ0v) is 15.8. The highest BCUT2D eigenvalue weighted by atomic mass is 32.2. The number of anilines is 1. The molecule has 0 saturated carbocycles. The Morgan fingerprint density at radius 2 is 1.73 bits per heavy atom. The lowest BCUT2D eigenvalue weighted by atomic mass is 10.1. The molecule has 136 valence electrons. The number of hydrogen-bond donors (Lipinski definition) is 1. The Hall–Kier alpha value is -2.60. The van der Waals surface area contributed by atoms with Gasteiger partial charge in [0.2, 0.25) is 0 Å². The van der Waals surface area contributed by atoms with Crippen molar-refractivity contribution in [2.24, 2.45) is 7.05 Å². The molecular formula is C20H23N3O2S. The molecule has 0 spiro atoms. The summed E-state index contributed by atoms with van der Waals surface area (Å²) in [5.74, 6) is 0.430. The molecule has 3 rings (SSSR count). The molecule has 0 fully saturated rings. The molecular weight excluding hydrogens is 346 g/mol. The number of aromatic nitrogens is 2. The maximum atomic E-state index is 12.7. The summed E-state index contributed by atoms with van der Waals surface area (Å²) in [6.45, 7) is 2.14. The minimum absolute atomic E-state index is 0.250. The van der Waals surface area contributed by atoms with Crippen molar-refractivity contribution in [1.29, 1.82) is 0 Å². The molecule has 5 nitrogen and oxygen atoms in total. The van der Waals surface area contributed by atoms with Crippen LogP contribution in [-0.4, -0.2) is 18.2 Å². The van der Waals surface area contributed by atoms with Gasteiger partial charge in [-0.2, -0.15) is 5.10 Å². The zero-order valence-electron chi connectivity index (χ0n) is 15.0. The van der Waals surface area contributed by atoms with Gasteiger partial charge in [0.05, 0.1) is 10.6 Å². The van der Waals surface area contributed by atoms with Crippen LogP contribution in [0, 0.1) is 0 Å². The number of hydrogen-bond acceptors (Lipinski definition) is 3. The van der Waals surface area contributed by atoms with Crippen molar-refractivity contribution < 1.29 is 8.42 Å². The van der Waals surface area contributed by atoms with E-state index in [9.17, 15) is 8.42 Å². The van der Waals surface area contributed by atoms with E-state index in [1.807, 2.05) is 42.5 Å². The zero-order chi connectivity index (χ0) is 18.6. The van der Waals surface area contributed by atoms with Gasteiger partial charge in [-0.15, -0.1) is 0 Å². The van der Waals surface area contributed by atoms with Crippen LogP contribution in [0.15, 0.2) is 65.6 Å². The first kappa shape index (κ1) is 18.2. The summed E-state index contributed by atoms with van der Waals surface area (Å²) in [6.07, 6.45) is 3.18. The lowest BCUT2D eigenvalue weighted by Crippen LogP contribution is -2.15. The fourth-order valence-electron chi connectivity index (χ4n) is 2.73. The minimum atomic E-state index is -3.65. The molecule has 0 amide bonds. The standard InChI is InChI=1S/C20H23N3O2S/c1-3-4-8-16-11-13-18(14-12-16)26(24,25)22-20-15-19(21-23(20)2)17-9-6-5-7-10-17/h5-7,9-15,22H,3-4,8H2,1-2H3. The van der Waals surface area contributed by atoms with Crippen molar-refractivity contribution >= 4 is 15.8 Å². The molecule has 0 saturated heterocycles. The molecule has 3 aromatic rings. The second kappa shape index (κ2) is 7.74. The largest absolute Gasteiger partial charge is 0.264 e. The third-order valence-corrected chi connectivity index (χ3v) is 5.61. The fraction of sp³-hybridized carbons (Fsp3) is 0.250. The van der Waals surface area contributed by atoms with Crippen LogP contribution in [0.4, 0.5) is 5.82 Å². The van der Waals surface area contributed by atoms with Crippen LogP contribution in [0.2, 0.25) is 0 Å². The average molecular weight is 369 g/mol. The predicted molar refractivity (Wildman–Crippen MR) is 105 cm³/mol. The van der Waals surface area contributed by atoms with Crippen LogP contribution < -0.4 is 4.72 Å². The smallest absolute Gasteiger partial charge is 0.263 e. The molecule has 1 aromatic heterocycles. The lowest BCUT2D eigenvalue weighted by Gasteiger charge is -2.08. The lowest BCUT2D eigenvalue weighted by molar-refractivity contribution is 0.600. The SMILES string of the molecule is CCCCc1ccc(S(=O)(=O)Nc2cc(-c3ccccc3)nn2C)cc1. The predicted octanol–water partition coefficient (Wildman–Crippen LogP) is 4.23. The van der Waals surface area contributed by atoms with E-state index in [0.717, 1.165) is 36.1 Å². The highest BCUT2D eigenvalue weighted by Crippen LogP contribution is 2.23. The summed E-state index contributed by atoms with van der Waals surface area (Å²) in [5, 5.41) is 4.40. The van der Waals surface area contributed by atoms with Gasteiger partial charge in [-0.05, 0) is 30.5 Å².